The number of nitrogen functional groups attached to an aromatic ring is 1. The number of hydrogen-bond acceptors (Lipinski definition) is 2. The number of rotatable bonds is 3. The Bertz CT molecular complexity index is 573. The maximum absolute atomic E-state index is 5.96. The summed E-state index contributed by atoms with van der Waals surface area (Å²) < 4.78 is 5.83. The Hall–Kier alpha value is -1.96. The zero-order valence-electron chi connectivity index (χ0n) is 10.5. The van der Waals surface area contributed by atoms with Crippen LogP contribution in [0.2, 0.25) is 0 Å². The molecular formula is C16H17NO. The summed E-state index contributed by atoms with van der Waals surface area (Å²) in [4.78, 5) is 0. The predicted octanol–water partition coefficient (Wildman–Crippen LogP) is 3.79. The van der Waals surface area contributed by atoms with Crippen molar-refractivity contribution in [1.82, 2.24) is 0 Å². The van der Waals surface area contributed by atoms with E-state index in [2.05, 4.69) is 25.1 Å². The van der Waals surface area contributed by atoms with Crippen LogP contribution in [0.1, 0.15) is 18.4 Å². The minimum Gasteiger partial charge on any atom is -0.490 e. The van der Waals surface area contributed by atoms with Crippen molar-refractivity contribution in [2.24, 2.45) is 0 Å². The summed E-state index contributed by atoms with van der Waals surface area (Å²) in [6, 6.07) is 14.3. The first-order valence-corrected chi connectivity index (χ1v) is 6.36. The zero-order chi connectivity index (χ0) is 12.5. The third-order valence-corrected chi connectivity index (χ3v) is 3.35. The van der Waals surface area contributed by atoms with E-state index in [9.17, 15) is 0 Å². The first-order valence-electron chi connectivity index (χ1n) is 6.36. The summed E-state index contributed by atoms with van der Waals surface area (Å²) in [7, 11) is 0. The maximum atomic E-state index is 5.96. The summed E-state index contributed by atoms with van der Waals surface area (Å²) in [5.74, 6) is 0.955. The van der Waals surface area contributed by atoms with E-state index in [-0.39, 0.29) is 0 Å². The van der Waals surface area contributed by atoms with E-state index in [0.717, 1.165) is 22.6 Å². The van der Waals surface area contributed by atoms with Crippen molar-refractivity contribution in [3.63, 3.8) is 0 Å². The van der Waals surface area contributed by atoms with Crippen molar-refractivity contribution in [2.75, 3.05) is 5.73 Å². The molecule has 2 nitrogen and oxygen atoms in total. The second-order valence-corrected chi connectivity index (χ2v) is 4.86. The third-order valence-electron chi connectivity index (χ3n) is 3.35. The van der Waals surface area contributed by atoms with Gasteiger partial charge in [-0.05, 0) is 54.7 Å². The van der Waals surface area contributed by atoms with Crippen LogP contribution in [-0.2, 0) is 0 Å². The molecule has 2 aromatic carbocycles. The fraction of sp³-hybridized carbons (Fsp3) is 0.250. The normalized spacial score (nSPS) is 14.5. The molecule has 0 atom stereocenters. The van der Waals surface area contributed by atoms with E-state index in [0.29, 0.717) is 6.10 Å². The third kappa shape index (κ3) is 2.19. The second-order valence-electron chi connectivity index (χ2n) is 4.86. The molecular weight excluding hydrogens is 222 g/mol. The molecule has 0 unspecified atom stereocenters. The molecule has 1 saturated carbocycles. The van der Waals surface area contributed by atoms with E-state index in [1.807, 2.05) is 24.3 Å². The molecule has 0 aromatic heterocycles. The lowest BCUT2D eigenvalue weighted by Gasteiger charge is -2.10. The largest absolute Gasteiger partial charge is 0.490 e. The van der Waals surface area contributed by atoms with Gasteiger partial charge in [0.15, 0.2) is 0 Å². The Morgan fingerprint density at radius 3 is 2.67 bits per heavy atom. The lowest BCUT2D eigenvalue weighted by Crippen LogP contribution is -1.96. The lowest BCUT2D eigenvalue weighted by molar-refractivity contribution is 0.303. The van der Waals surface area contributed by atoms with Crippen LogP contribution in [0.5, 0.6) is 5.75 Å². The SMILES string of the molecule is Cc1c(N)cccc1-c1cccc(OC2CC2)c1. The lowest BCUT2D eigenvalue weighted by atomic mass is 9.99. The molecule has 0 spiro atoms. The quantitative estimate of drug-likeness (QED) is 0.827. The highest BCUT2D eigenvalue weighted by molar-refractivity contribution is 5.73. The monoisotopic (exact) mass is 239 g/mol. The summed E-state index contributed by atoms with van der Waals surface area (Å²) in [6.45, 7) is 2.05. The molecule has 0 radical (unpaired) electrons. The first-order chi connectivity index (χ1) is 8.74. The van der Waals surface area contributed by atoms with Crippen molar-refractivity contribution in [1.29, 1.82) is 0 Å². The van der Waals surface area contributed by atoms with E-state index in [1.165, 1.54) is 18.4 Å². The molecule has 1 fully saturated rings. The van der Waals surface area contributed by atoms with Crippen LogP contribution < -0.4 is 10.5 Å². The molecule has 0 heterocycles. The van der Waals surface area contributed by atoms with E-state index in [1.54, 1.807) is 0 Å². The number of hydrogen-bond donors (Lipinski definition) is 1. The summed E-state index contributed by atoms with van der Waals surface area (Å²) >= 11 is 0. The number of benzene rings is 2. The fourth-order valence-corrected chi connectivity index (χ4v) is 2.08. The molecule has 3 rings (SSSR count). The zero-order valence-corrected chi connectivity index (χ0v) is 10.5. The van der Waals surface area contributed by atoms with Gasteiger partial charge in [0, 0.05) is 5.69 Å². The Labute approximate surface area is 107 Å². The van der Waals surface area contributed by atoms with Gasteiger partial charge in [-0.2, -0.15) is 0 Å². The van der Waals surface area contributed by atoms with Gasteiger partial charge in [0.1, 0.15) is 5.75 Å². The number of ether oxygens (including phenoxy) is 1. The molecule has 0 aliphatic heterocycles. The molecule has 2 aromatic rings. The Balaban J connectivity index is 1.97. The summed E-state index contributed by atoms with van der Waals surface area (Å²) in [5, 5.41) is 0. The summed E-state index contributed by atoms with van der Waals surface area (Å²) in [6.07, 6.45) is 2.80. The summed E-state index contributed by atoms with van der Waals surface area (Å²) in [5.41, 5.74) is 10.3. The topological polar surface area (TPSA) is 35.2 Å². The smallest absolute Gasteiger partial charge is 0.120 e. The number of anilines is 1. The molecule has 1 aliphatic carbocycles. The average molecular weight is 239 g/mol. The molecule has 0 bridgehead atoms. The minimum absolute atomic E-state index is 0.433. The second kappa shape index (κ2) is 4.37. The highest BCUT2D eigenvalue weighted by Crippen LogP contribution is 2.32. The van der Waals surface area contributed by atoms with Crippen molar-refractivity contribution in [3.05, 3.63) is 48.0 Å². The average Bonchev–Trinajstić information content (AvgIpc) is 3.17. The molecule has 1 aliphatic rings. The van der Waals surface area contributed by atoms with E-state index >= 15 is 0 Å². The van der Waals surface area contributed by atoms with Gasteiger partial charge in [0.25, 0.3) is 0 Å². The van der Waals surface area contributed by atoms with E-state index in [4.69, 9.17) is 10.5 Å². The van der Waals surface area contributed by atoms with Crippen molar-refractivity contribution >= 4 is 5.69 Å². The van der Waals surface area contributed by atoms with Crippen LogP contribution in [0.15, 0.2) is 42.5 Å². The van der Waals surface area contributed by atoms with Crippen molar-refractivity contribution in [2.45, 2.75) is 25.9 Å². The standard InChI is InChI=1S/C16H17NO/c1-11-15(6-3-7-16(11)17)12-4-2-5-14(10-12)18-13-8-9-13/h2-7,10,13H,8-9,17H2,1H3. The minimum atomic E-state index is 0.433. The van der Waals surface area contributed by atoms with Gasteiger partial charge >= 0.3 is 0 Å². The first kappa shape index (κ1) is 11.1. The van der Waals surface area contributed by atoms with Crippen LogP contribution in [0, 0.1) is 6.92 Å². The van der Waals surface area contributed by atoms with E-state index < -0.39 is 0 Å². The van der Waals surface area contributed by atoms with Gasteiger partial charge < -0.3 is 10.5 Å². The van der Waals surface area contributed by atoms with Gasteiger partial charge in [-0.1, -0.05) is 24.3 Å². The van der Waals surface area contributed by atoms with Gasteiger partial charge in [-0.3, -0.25) is 0 Å². The molecule has 0 amide bonds. The molecule has 0 saturated heterocycles. The van der Waals surface area contributed by atoms with Crippen LogP contribution in [0.4, 0.5) is 5.69 Å². The van der Waals surface area contributed by atoms with Gasteiger partial charge in [0.2, 0.25) is 0 Å². The highest BCUT2D eigenvalue weighted by atomic mass is 16.5. The molecule has 18 heavy (non-hydrogen) atoms. The van der Waals surface area contributed by atoms with Crippen molar-refractivity contribution in [3.8, 4) is 16.9 Å². The van der Waals surface area contributed by atoms with Crippen molar-refractivity contribution < 1.29 is 4.74 Å². The molecule has 2 heteroatoms. The van der Waals surface area contributed by atoms with Gasteiger partial charge in [0.05, 0.1) is 6.10 Å². The highest BCUT2D eigenvalue weighted by Gasteiger charge is 2.23. The van der Waals surface area contributed by atoms with Crippen LogP contribution in [0.3, 0.4) is 0 Å². The molecule has 2 N–H and O–H groups in total. The van der Waals surface area contributed by atoms with Gasteiger partial charge in [-0.15, -0.1) is 0 Å². The van der Waals surface area contributed by atoms with Crippen LogP contribution in [0.25, 0.3) is 11.1 Å². The Morgan fingerprint density at radius 2 is 1.89 bits per heavy atom. The number of nitrogens with two attached hydrogens (primary N) is 1. The van der Waals surface area contributed by atoms with Crippen LogP contribution >= 0.6 is 0 Å². The Morgan fingerprint density at radius 1 is 1.11 bits per heavy atom. The Kier molecular flexibility index (Phi) is 2.71. The molecule has 92 valence electrons. The predicted molar refractivity (Wildman–Crippen MR) is 74.7 cm³/mol. The maximum Gasteiger partial charge on any atom is 0.120 e. The van der Waals surface area contributed by atoms with Crippen LogP contribution in [-0.4, -0.2) is 6.10 Å². The van der Waals surface area contributed by atoms with Gasteiger partial charge in [-0.25, -0.2) is 0 Å². The fourth-order valence-electron chi connectivity index (χ4n) is 2.08.